The standard InChI is InChI=1S/C6H5F3N2O4/c7-6(8,9)5(15)11(10)3(12)1-2-4(13)14/h1-2H,10H2,(H,13,14). The molecule has 6 nitrogen and oxygen atoms in total. The molecule has 0 atom stereocenters. The predicted octanol–water partition coefficient (Wildman–Crippen LogP) is -0.582. The molecule has 0 fully saturated rings. The maximum atomic E-state index is 11.7. The lowest BCUT2D eigenvalue weighted by atomic mass is 10.4. The van der Waals surface area contributed by atoms with Gasteiger partial charge in [0.1, 0.15) is 0 Å². The van der Waals surface area contributed by atoms with Crippen molar-refractivity contribution >= 4 is 17.8 Å². The van der Waals surface area contributed by atoms with E-state index in [9.17, 15) is 27.6 Å². The summed E-state index contributed by atoms with van der Waals surface area (Å²) < 4.78 is 35.1. The molecule has 2 amide bonds. The number of nitrogens with two attached hydrogens (primary N) is 1. The summed E-state index contributed by atoms with van der Waals surface area (Å²) in [5.74, 6) is -1.22. The number of aliphatic carboxylic acids is 1. The number of imide groups is 1. The van der Waals surface area contributed by atoms with Gasteiger partial charge in [-0.05, 0) is 0 Å². The first-order chi connectivity index (χ1) is 6.66. The topological polar surface area (TPSA) is 101 Å². The SMILES string of the molecule is NN(C(=O)C=CC(=O)O)C(=O)C(F)(F)F. The Labute approximate surface area is 80.7 Å². The normalized spacial score (nSPS) is 11.5. The number of amides is 2. The Kier molecular flexibility index (Phi) is 3.97. The summed E-state index contributed by atoms with van der Waals surface area (Å²) in [7, 11) is 0. The lowest BCUT2D eigenvalue weighted by Gasteiger charge is -2.13. The number of alkyl halides is 3. The van der Waals surface area contributed by atoms with E-state index < -0.39 is 29.0 Å². The van der Waals surface area contributed by atoms with Gasteiger partial charge in [0.05, 0.1) is 0 Å². The van der Waals surface area contributed by atoms with E-state index in [4.69, 9.17) is 5.11 Å². The Bertz CT molecular complexity index is 323. The van der Waals surface area contributed by atoms with E-state index in [1.54, 1.807) is 0 Å². The molecule has 0 bridgehead atoms. The molecule has 3 N–H and O–H groups in total. The summed E-state index contributed by atoms with van der Waals surface area (Å²) in [5, 5.41) is 7.31. The molecule has 0 spiro atoms. The highest BCUT2D eigenvalue weighted by atomic mass is 19.4. The van der Waals surface area contributed by atoms with Crippen molar-refractivity contribution in [3.8, 4) is 0 Å². The molecular formula is C6H5F3N2O4. The summed E-state index contributed by atoms with van der Waals surface area (Å²) in [6, 6.07) is 0. The van der Waals surface area contributed by atoms with E-state index in [0.717, 1.165) is 0 Å². The number of rotatable bonds is 2. The van der Waals surface area contributed by atoms with Crippen molar-refractivity contribution < 1.29 is 32.7 Å². The van der Waals surface area contributed by atoms with Gasteiger partial charge in [-0.2, -0.15) is 13.2 Å². The number of nitrogens with zero attached hydrogens (tertiary/aromatic N) is 1. The molecular weight excluding hydrogens is 221 g/mol. The van der Waals surface area contributed by atoms with Gasteiger partial charge >= 0.3 is 18.1 Å². The van der Waals surface area contributed by atoms with Gasteiger partial charge in [0.2, 0.25) is 0 Å². The minimum Gasteiger partial charge on any atom is -0.478 e. The molecule has 0 aromatic rings. The molecule has 0 saturated carbocycles. The van der Waals surface area contributed by atoms with Crippen LogP contribution in [0, 0.1) is 0 Å². The molecule has 84 valence electrons. The summed E-state index contributed by atoms with van der Waals surface area (Å²) in [5.41, 5.74) is 0. The number of hydrogen-bond donors (Lipinski definition) is 2. The molecule has 0 saturated heterocycles. The molecule has 0 unspecified atom stereocenters. The van der Waals surface area contributed by atoms with Gasteiger partial charge in [-0.25, -0.2) is 15.6 Å². The molecule has 0 aromatic heterocycles. The minimum absolute atomic E-state index is 0.228. The van der Waals surface area contributed by atoms with Crippen molar-refractivity contribution in [2.24, 2.45) is 5.84 Å². The Hall–Kier alpha value is -1.90. The van der Waals surface area contributed by atoms with E-state index in [0.29, 0.717) is 0 Å². The molecule has 0 aromatic carbocycles. The third-order valence-corrected chi connectivity index (χ3v) is 1.07. The molecule has 15 heavy (non-hydrogen) atoms. The molecule has 0 aliphatic heterocycles. The zero-order valence-electron chi connectivity index (χ0n) is 6.99. The van der Waals surface area contributed by atoms with Crippen LogP contribution in [0.15, 0.2) is 12.2 Å². The zero-order valence-corrected chi connectivity index (χ0v) is 6.99. The average molecular weight is 226 g/mol. The number of halogens is 3. The fraction of sp³-hybridized carbons (Fsp3) is 0.167. The van der Waals surface area contributed by atoms with Gasteiger partial charge in [0.25, 0.3) is 5.91 Å². The Balaban J connectivity index is 4.60. The quantitative estimate of drug-likeness (QED) is 0.284. The molecule has 0 aliphatic rings. The molecule has 0 rings (SSSR count). The monoisotopic (exact) mass is 226 g/mol. The lowest BCUT2D eigenvalue weighted by Crippen LogP contribution is -2.48. The highest BCUT2D eigenvalue weighted by Crippen LogP contribution is 2.16. The van der Waals surface area contributed by atoms with Gasteiger partial charge in [-0.1, -0.05) is 0 Å². The van der Waals surface area contributed by atoms with Gasteiger partial charge in [0, 0.05) is 12.2 Å². The summed E-state index contributed by atoms with van der Waals surface area (Å²) in [4.78, 5) is 30.9. The highest BCUT2D eigenvalue weighted by Gasteiger charge is 2.43. The number of carbonyl (C=O) groups excluding carboxylic acids is 2. The number of carboxylic acid groups (broad SMARTS) is 1. The van der Waals surface area contributed by atoms with Crippen molar-refractivity contribution in [1.82, 2.24) is 5.01 Å². The number of carbonyl (C=O) groups is 3. The smallest absolute Gasteiger partial charge is 0.473 e. The van der Waals surface area contributed by atoms with E-state index in [1.165, 1.54) is 0 Å². The van der Waals surface area contributed by atoms with Crippen LogP contribution >= 0.6 is 0 Å². The van der Waals surface area contributed by atoms with E-state index in [1.807, 2.05) is 0 Å². The van der Waals surface area contributed by atoms with Gasteiger partial charge in [-0.3, -0.25) is 9.59 Å². The van der Waals surface area contributed by atoms with Crippen LogP contribution in [-0.4, -0.2) is 34.1 Å². The zero-order chi connectivity index (χ0) is 12.2. The lowest BCUT2D eigenvalue weighted by molar-refractivity contribution is -0.187. The predicted molar refractivity (Wildman–Crippen MR) is 38.9 cm³/mol. The number of carboxylic acids is 1. The van der Waals surface area contributed by atoms with Crippen LogP contribution in [0.1, 0.15) is 0 Å². The fourth-order valence-corrected chi connectivity index (χ4v) is 0.460. The van der Waals surface area contributed by atoms with E-state index in [-0.39, 0.29) is 12.2 Å². The van der Waals surface area contributed by atoms with Crippen molar-refractivity contribution in [3.05, 3.63) is 12.2 Å². The first kappa shape index (κ1) is 13.1. The molecule has 0 radical (unpaired) electrons. The first-order valence-electron chi connectivity index (χ1n) is 3.27. The second-order valence-electron chi connectivity index (χ2n) is 2.18. The molecule has 0 heterocycles. The average Bonchev–Trinajstić information content (AvgIpc) is 2.10. The Morgan fingerprint density at radius 1 is 1.20 bits per heavy atom. The van der Waals surface area contributed by atoms with E-state index >= 15 is 0 Å². The van der Waals surface area contributed by atoms with Crippen molar-refractivity contribution in [2.45, 2.75) is 6.18 Å². The summed E-state index contributed by atoms with van der Waals surface area (Å²) in [6.07, 6.45) is -4.81. The van der Waals surface area contributed by atoms with Crippen molar-refractivity contribution in [1.29, 1.82) is 0 Å². The maximum absolute atomic E-state index is 11.7. The maximum Gasteiger partial charge on any atom is 0.473 e. The first-order valence-corrected chi connectivity index (χ1v) is 3.27. The highest BCUT2D eigenvalue weighted by molar-refractivity contribution is 6.03. The third kappa shape index (κ3) is 4.22. The van der Waals surface area contributed by atoms with Crippen molar-refractivity contribution in [2.75, 3.05) is 0 Å². The van der Waals surface area contributed by atoms with Gasteiger partial charge < -0.3 is 5.11 Å². The van der Waals surface area contributed by atoms with Crippen LogP contribution in [0.2, 0.25) is 0 Å². The molecule has 0 aliphatic carbocycles. The third-order valence-electron chi connectivity index (χ3n) is 1.07. The summed E-state index contributed by atoms with van der Waals surface area (Å²) >= 11 is 0. The van der Waals surface area contributed by atoms with Crippen LogP contribution in [0.4, 0.5) is 13.2 Å². The van der Waals surface area contributed by atoms with Crippen LogP contribution in [-0.2, 0) is 14.4 Å². The van der Waals surface area contributed by atoms with Gasteiger partial charge in [-0.15, -0.1) is 0 Å². The van der Waals surface area contributed by atoms with Crippen LogP contribution in [0.25, 0.3) is 0 Å². The van der Waals surface area contributed by atoms with Gasteiger partial charge in [0.15, 0.2) is 0 Å². The summed E-state index contributed by atoms with van der Waals surface area (Å²) in [6.45, 7) is 0. The second kappa shape index (κ2) is 4.55. The van der Waals surface area contributed by atoms with Crippen LogP contribution in [0.5, 0.6) is 0 Å². The second-order valence-corrected chi connectivity index (χ2v) is 2.18. The van der Waals surface area contributed by atoms with Crippen LogP contribution in [0.3, 0.4) is 0 Å². The molecule has 9 heteroatoms. The largest absolute Gasteiger partial charge is 0.478 e. The number of hydrogen-bond acceptors (Lipinski definition) is 4. The Morgan fingerprint density at radius 2 is 1.67 bits per heavy atom. The van der Waals surface area contributed by atoms with E-state index in [2.05, 4.69) is 5.84 Å². The Morgan fingerprint density at radius 3 is 2.00 bits per heavy atom. The van der Waals surface area contributed by atoms with Crippen LogP contribution < -0.4 is 5.84 Å². The number of hydrazine groups is 1. The fourth-order valence-electron chi connectivity index (χ4n) is 0.460. The van der Waals surface area contributed by atoms with Crippen molar-refractivity contribution in [3.63, 3.8) is 0 Å². The minimum atomic E-state index is -5.29.